The van der Waals surface area contributed by atoms with Gasteiger partial charge in [0, 0.05) is 0 Å². The summed E-state index contributed by atoms with van der Waals surface area (Å²) in [5.41, 5.74) is 0. The number of alkyl halides is 1. The van der Waals surface area contributed by atoms with E-state index in [0.29, 0.717) is 6.61 Å². The first-order valence-corrected chi connectivity index (χ1v) is 3.02. The molecule has 0 aromatic rings. The molecular weight excluding hydrogens is 123 g/mol. The van der Waals surface area contributed by atoms with Gasteiger partial charge < -0.3 is 9.47 Å². The smallest absolute Gasteiger partial charge is 0.163 e. The Kier molecular flexibility index (Phi) is 1.73. The normalized spacial score (nSPS) is 33.0. The van der Waals surface area contributed by atoms with Gasteiger partial charge in [-0.05, 0) is 13.8 Å². The van der Waals surface area contributed by atoms with E-state index in [1.54, 1.807) is 13.8 Å². The van der Waals surface area contributed by atoms with E-state index in [1.807, 2.05) is 0 Å². The molecule has 1 saturated heterocycles. The molecular formula is C6H11FO2. The van der Waals surface area contributed by atoms with E-state index < -0.39 is 12.5 Å². The molecule has 3 heteroatoms. The van der Waals surface area contributed by atoms with Crippen molar-refractivity contribution in [3.05, 3.63) is 0 Å². The Morgan fingerprint density at radius 3 is 2.56 bits per heavy atom. The van der Waals surface area contributed by atoms with E-state index in [1.165, 1.54) is 0 Å². The molecule has 0 spiro atoms. The van der Waals surface area contributed by atoms with Crippen molar-refractivity contribution in [3.63, 3.8) is 0 Å². The van der Waals surface area contributed by atoms with Gasteiger partial charge in [0.15, 0.2) is 5.79 Å². The molecule has 0 aliphatic carbocycles. The largest absolute Gasteiger partial charge is 0.348 e. The minimum absolute atomic E-state index is 0.347. The SMILES string of the molecule is CC1(C)OC[C@H](CF)O1. The second-order valence-electron chi connectivity index (χ2n) is 2.60. The molecule has 1 aliphatic rings. The topological polar surface area (TPSA) is 18.5 Å². The van der Waals surface area contributed by atoms with E-state index in [-0.39, 0.29) is 6.10 Å². The lowest BCUT2D eigenvalue weighted by Gasteiger charge is -2.15. The quantitative estimate of drug-likeness (QED) is 0.534. The summed E-state index contributed by atoms with van der Waals surface area (Å²) < 4.78 is 22.0. The standard InChI is InChI=1S/C6H11FO2/c1-6(2)8-4-5(3-7)9-6/h5H,3-4H2,1-2H3/t5-/m0/s1. The van der Waals surface area contributed by atoms with Gasteiger partial charge in [0.2, 0.25) is 0 Å². The maximum atomic E-state index is 11.8. The number of rotatable bonds is 1. The Morgan fingerprint density at radius 2 is 2.33 bits per heavy atom. The Balaban J connectivity index is 2.38. The lowest BCUT2D eigenvalue weighted by molar-refractivity contribution is -0.139. The minimum Gasteiger partial charge on any atom is -0.348 e. The van der Waals surface area contributed by atoms with Crippen LogP contribution in [0.2, 0.25) is 0 Å². The first kappa shape index (κ1) is 6.96. The van der Waals surface area contributed by atoms with Crippen molar-refractivity contribution in [1.82, 2.24) is 0 Å². The van der Waals surface area contributed by atoms with E-state index in [4.69, 9.17) is 9.47 Å². The summed E-state index contributed by atoms with van der Waals surface area (Å²) in [6, 6.07) is 0. The lowest BCUT2D eigenvalue weighted by atomic mass is 10.4. The second kappa shape index (κ2) is 2.23. The van der Waals surface area contributed by atoms with E-state index in [2.05, 4.69) is 0 Å². The van der Waals surface area contributed by atoms with Crippen molar-refractivity contribution in [2.45, 2.75) is 25.7 Å². The average molecular weight is 134 g/mol. The number of hydrogen-bond acceptors (Lipinski definition) is 2. The Morgan fingerprint density at radius 1 is 1.67 bits per heavy atom. The van der Waals surface area contributed by atoms with Gasteiger partial charge in [0.25, 0.3) is 0 Å². The van der Waals surface area contributed by atoms with E-state index in [0.717, 1.165) is 0 Å². The van der Waals surface area contributed by atoms with Gasteiger partial charge in [-0.3, -0.25) is 0 Å². The summed E-state index contributed by atoms with van der Waals surface area (Å²) in [4.78, 5) is 0. The highest BCUT2D eigenvalue weighted by Gasteiger charge is 2.32. The molecule has 1 fully saturated rings. The van der Waals surface area contributed by atoms with Crippen molar-refractivity contribution in [3.8, 4) is 0 Å². The van der Waals surface area contributed by atoms with Crippen molar-refractivity contribution < 1.29 is 13.9 Å². The average Bonchev–Trinajstić information content (AvgIpc) is 2.10. The number of ether oxygens (including phenoxy) is 2. The zero-order valence-corrected chi connectivity index (χ0v) is 5.69. The van der Waals surface area contributed by atoms with Crippen LogP contribution in [0.4, 0.5) is 4.39 Å². The van der Waals surface area contributed by atoms with Gasteiger partial charge in [0.1, 0.15) is 12.8 Å². The maximum absolute atomic E-state index is 11.8. The van der Waals surface area contributed by atoms with Gasteiger partial charge in [-0.25, -0.2) is 4.39 Å². The summed E-state index contributed by atoms with van der Waals surface area (Å²) in [5, 5.41) is 0. The molecule has 0 amide bonds. The van der Waals surface area contributed by atoms with Crippen molar-refractivity contribution in [2.75, 3.05) is 13.3 Å². The molecule has 0 aromatic heterocycles. The van der Waals surface area contributed by atoms with Crippen LogP contribution in [0.15, 0.2) is 0 Å². The molecule has 9 heavy (non-hydrogen) atoms. The van der Waals surface area contributed by atoms with Crippen LogP contribution in [-0.2, 0) is 9.47 Å². The predicted octanol–water partition coefficient (Wildman–Crippen LogP) is 1.11. The van der Waals surface area contributed by atoms with Crippen molar-refractivity contribution in [1.29, 1.82) is 0 Å². The first-order valence-electron chi connectivity index (χ1n) is 3.02. The molecule has 0 saturated carbocycles. The molecule has 0 unspecified atom stereocenters. The fourth-order valence-corrected chi connectivity index (χ4v) is 0.839. The second-order valence-corrected chi connectivity index (χ2v) is 2.60. The maximum Gasteiger partial charge on any atom is 0.163 e. The third-order valence-corrected chi connectivity index (χ3v) is 1.24. The third kappa shape index (κ3) is 1.63. The third-order valence-electron chi connectivity index (χ3n) is 1.24. The van der Waals surface area contributed by atoms with Crippen LogP contribution in [0.25, 0.3) is 0 Å². The number of halogens is 1. The molecule has 1 aliphatic heterocycles. The molecule has 0 bridgehead atoms. The molecule has 2 nitrogen and oxygen atoms in total. The molecule has 1 rings (SSSR count). The Labute approximate surface area is 54.0 Å². The molecule has 0 N–H and O–H groups in total. The number of hydrogen-bond donors (Lipinski definition) is 0. The van der Waals surface area contributed by atoms with Crippen LogP contribution in [0.5, 0.6) is 0 Å². The summed E-state index contributed by atoms with van der Waals surface area (Å²) >= 11 is 0. The van der Waals surface area contributed by atoms with Crippen LogP contribution in [0, 0.1) is 0 Å². The highest BCUT2D eigenvalue weighted by Crippen LogP contribution is 2.21. The lowest BCUT2D eigenvalue weighted by Crippen LogP contribution is -2.22. The van der Waals surface area contributed by atoms with Crippen LogP contribution >= 0.6 is 0 Å². The summed E-state index contributed by atoms with van der Waals surface area (Å²) in [5.74, 6) is -0.573. The molecule has 0 aromatic carbocycles. The predicted molar refractivity (Wildman–Crippen MR) is 30.9 cm³/mol. The highest BCUT2D eigenvalue weighted by atomic mass is 19.1. The fraction of sp³-hybridized carbons (Fsp3) is 1.00. The van der Waals surface area contributed by atoms with Gasteiger partial charge in [0.05, 0.1) is 6.61 Å². The summed E-state index contributed by atoms with van der Waals surface area (Å²) in [6.45, 7) is 3.48. The fourth-order valence-electron chi connectivity index (χ4n) is 0.839. The molecule has 1 atom stereocenters. The van der Waals surface area contributed by atoms with Crippen LogP contribution < -0.4 is 0 Å². The molecule has 1 heterocycles. The molecule has 0 radical (unpaired) electrons. The Bertz CT molecular complexity index is 103. The van der Waals surface area contributed by atoms with Crippen LogP contribution in [0.1, 0.15) is 13.8 Å². The summed E-state index contributed by atoms with van der Waals surface area (Å²) in [7, 11) is 0. The monoisotopic (exact) mass is 134 g/mol. The zero-order valence-electron chi connectivity index (χ0n) is 5.69. The highest BCUT2D eigenvalue weighted by molar-refractivity contribution is 4.69. The van der Waals surface area contributed by atoms with Crippen LogP contribution in [-0.4, -0.2) is 25.2 Å². The Hall–Kier alpha value is -0.150. The van der Waals surface area contributed by atoms with Crippen molar-refractivity contribution in [2.24, 2.45) is 0 Å². The van der Waals surface area contributed by atoms with Gasteiger partial charge >= 0.3 is 0 Å². The molecule has 54 valence electrons. The van der Waals surface area contributed by atoms with Gasteiger partial charge in [-0.2, -0.15) is 0 Å². The van der Waals surface area contributed by atoms with Crippen molar-refractivity contribution >= 4 is 0 Å². The minimum atomic E-state index is -0.573. The van der Waals surface area contributed by atoms with E-state index in [9.17, 15) is 4.39 Å². The summed E-state index contributed by atoms with van der Waals surface area (Å²) in [6.07, 6.45) is -0.347. The van der Waals surface area contributed by atoms with Gasteiger partial charge in [-0.15, -0.1) is 0 Å². The zero-order chi connectivity index (χ0) is 6.91. The van der Waals surface area contributed by atoms with Gasteiger partial charge in [-0.1, -0.05) is 0 Å². The first-order chi connectivity index (χ1) is 4.14. The van der Waals surface area contributed by atoms with Crippen LogP contribution in [0.3, 0.4) is 0 Å². The van der Waals surface area contributed by atoms with E-state index >= 15 is 0 Å².